The van der Waals surface area contributed by atoms with Gasteiger partial charge in [0.1, 0.15) is 5.17 Å². The third kappa shape index (κ3) is 3.76. The molecule has 0 saturated heterocycles. The fourth-order valence-corrected chi connectivity index (χ4v) is 0. The average molecular weight is 92.5 g/mol. The van der Waals surface area contributed by atoms with Crippen molar-refractivity contribution in [3.63, 3.8) is 0 Å². The van der Waals surface area contributed by atoms with Crippen LogP contribution in [-0.4, -0.2) is 5.17 Å². The topological polar surface area (TPSA) is 38.4 Å². The molecule has 0 unspecified atom stereocenters. The number of hydrogen-bond donors (Lipinski definition) is 1. The molecule has 0 aliphatic heterocycles. The summed E-state index contributed by atoms with van der Waals surface area (Å²) in [5.74, 6) is 4.63. The minimum absolute atomic E-state index is 0.380. The maximum absolute atomic E-state index is 5.09. The van der Waals surface area contributed by atoms with E-state index in [0.717, 1.165) is 0 Å². The zero-order chi connectivity index (χ0) is 4.28. The normalized spacial score (nSPS) is 12.0. The molecule has 0 aromatic rings. The first kappa shape index (κ1) is 4.76. The largest absolute Gasteiger partial charge is 0.322 e. The summed E-state index contributed by atoms with van der Waals surface area (Å²) >= 11 is 5.09. The molecule has 2 nitrogen and oxygen atoms in total. The fraction of sp³-hybridized carbons (Fsp3) is 0.500. The lowest BCUT2D eigenvalue weighted by molar-refractivity contribution is 1.25. The first-order valence-electron chi connectivity index (χ1n) is 1.17. The Morgan fingerprint density at radius 3 is 2.20 bits per heavy atom. The van der Waals surface area contributed by atoms with Crippen LogP contribution in [-0.2, 0) is 0 Å². The van der Waals surface area contributed by atoms with Gasteiger partial charge in [-0.2, -0.15) is 5.10 Å². The van der Waals surface area contributed by atoms with Crippen molar-refractivity contribution in [1.82, 2.24) is 0 Å². The Bertz CT molecular complexity index is 45.6. The maximum atomic E-state index is 5.09. The second kappa shape index (κ2) is 2.03. The van der Waals surface area contributed by atoms with Crippen LogP contribution >= 0.6 is 11.6 Å². The van der Waals surface area contributed by atoms with Gasteiger partial charge in [-0.15, -0.1) is 0 Å². The highest BCUT2D eigenvalue weighted by Crippen LogP contribution is 1.73. The highest BCUT2D eigenvalue weighted by atomic mass is 35.5. The van der Waals surface area contributed by atoms with E-state index in [9.17, 15) is 0 Å². The Labute approximate surface area is 35.6 Å². The van der Waals surface area contributed by atoms with Crippen LogP contribution < -0.4 is 5.84 Å². The fourth-order valence-electron chi connectivity index (χ4n) is 0. The van der Waals surface area contributed by atoms with Gasteiger partial charge >= 0.3 is 0 Å². The third-order valence-electron chi connectivity index (χ3n) is 0.178. The standard InChI is InChI=1S/C2H5ClN2/c1-2(3)5-4/h4H2,1H3/b5-2+. The SMILES string of the molecule is C/C(Cl)=N\N. The van der Waals surface area contributed by atoms with Crippen molar-refractivity contribution < 1.29 is 0 Å². The molecule has 0 spiro atoms. The smallest absolute Gasteiger partial charge is 0.122 e. The lowest BCUT2D eigenvalue weighted by Gasteiger charge is -1.70. The first-order valence-corrected chi connectivity index (χ1v) is 1.55. The van der Waals surface area contributed by atoms with E-state index >= 15 is 0 Å². The zero-order valence-electron chi connectivity index (χ0n) is 2.90. The summed E-state index contributed by atoms with van der Waals surface area (Å²) in [6.07, 6.45) is 0. The van der Waals surface area contributed by atoms with Crippen LogP contribution in [0.15, 0.2) is 5.10 Å². The van der Waals surface area contributed by atoms with E-state index in [0.29, 0.717) is 5.17 Å². The lowest BCUT2D eigenvalue weighted by Crippen LogP contribution is -1.83. The molecule has 0 fully saturated rings. The Balaban J connectivity index is 3.14. The lowest BCUT2D eigenvalue weighted by atomic mass is 10.9. The van der Waals surface area contributed by atoms with Gasteiger partial charge < -0.3 is 5.84 Å². The van der Waals surface area contributed by atoms with Crippen molar-refractivity contribution in [2.45, 2.75) is 6.92 Å². The molecule has 0 aliphatic rings. The van der Waals surface area contributed by atoms with E-state index in [1.807, 2.05) is 0 Å². The molecule has 3 heteroatoms. The average Bonchev–Trinajstić information content (AvgIpc) is 1.38. The number of rotatable bonds is 0. The molecule has 5 heavy (non-hydrogen) atoms. The minimum atomic E-state index is 0.380. The molecule has 0 rings (SSSR count). The molecule has 2 N–H and O–H groups in total. The predicted octanol–water partition coefficient (Wildman–Crippen LogP) is 0.517. The van der Waals surface area contributed by atoms with E-state index in [1.54, 1.807) is 6.92 Å². The van der Waals surface area contributed by atoms with Gasteiger partial charge in [-0.1, -0.05) is 11.6 Å². The van der Waals surface area contributed by atoms with Gasteiger partial charge in [0.15, 0.2) is 0 Å². The number of nitrogens with zero attached hydrogens (tertiary/aromatic N) is 1. The molecule has 0 amide bonds. The second-order valence-electron chi connectivity index (χ2n) is 0.626. The monoisotopic (exact) mass is 92.0 g/mol. The Kier molecular flexibility index (Phi) is 1.93. The van der Waals surface area contributed by atoms with Gasteiger partial charge in [0.05, 0.1) is 0 Å². The van der Waals surface area contributed by atoms with Gasteiger partial charge in [-0.05, 0) is 6.92 Å². The first-order chi connectivity index (χ1) is 2.27. The van der Waals surface area contributed by atoms with Crippen LogP contribution in [0.4, 0.5) is 0 Å². The van der Waals surface area contributed by atoms with Crippen molar-refractivity contribution in [2.24, 2.45) is 10.9 Å². The van der Waals surface area contributed by atoms with E-state index in [2.05, 4.69) is 10.9 Å². The van der Waals surface area contributed by atoms with E-state index in [1.165, 1.54) is 0 Å². The Morgan fingerprint density at radius 2 is 2.20 bits per heavy atom. The summed E-state index contributed by atoms with van der Waals surface area (Å²) in [5.41, 5.74) is 0. The van der Waals surface area contributed by atoms with Gasteiger partial charge in [-0.3, -0.25) is 0 Å². The molecule has 0 heterocycles. The molecule has 0 aromatic carbocycles. The van der Waals surface area contributed by atoms with Crippen LogP contribution in [0.25, 0.3) is 0 Å². The summed E-state index contributed by atoms with van der Waals surface area (Å²) in [6, 6.07) is 0. The van der Waals surface area contributed by atoms with Crippen molar-refractivity contribution in [3.05, 3.63) is 0 Å². The third-order valence-corrected chi connectivity index (χ3v) is 0.275. The van der Waals surface area contributed by atoms with Crippen LogP contribution in [0, 0.1) is 0 Å². The zero-order valence-corrected chi connectivity index (χ0v) is 3.66. The van der Waals surface area contributed by atoms with E-state index in [-0.39, 0.29) is 0 Å². The Morgan fingerprint density at radius 1 is 2.00 bits per heavy atom. The molecular formula is C2H5ClN2. The number of hydrazone groups is 1. The van der Waals surface area contributed by atoms with Crippen molar-refractivity contribution in [2.75, 3.05) is 0 Å². The molecule has 0 aliphatic carbocycles. The molecule has 30 valence electrons. The summed E-state index contributed by atoms with van der Waals surface area (Å²) in [7, 11) is 0. The summed E-state index contributed by atoms with van der Waals surface area (Å²) in [4.78, 5) is 0. The van der Waals surface area contributed by atoms with Gasteiger partial charge in [0.2, 0.25) is 0 Å². The van der Waals surface area contributed by atoms with Crippen molar-refractivity contribution in [1.29, 1.82) is 0 Å². The molecule has 0 aromatic heterocycles. The highest BCUT2D eigenvalue weighted by molar-refractivity contribution is 6.64. The minimum Gasteiger partial charge on any atom is -0.322 e. The van der Waals surface area contributed by atoms with Crippen LogP contribution in [0.1, 0.15) is 6.92 Å². The van der Waals surface area contributed by atoms with E-state index < -0.39 is 0 Å². The quantitative estimate of drug-likeness (QED) is 0.264. The maximum Gasteiger partial charge on any atom is 0.122 e. The van der Waals surface area contributed by atoms with Crippen molar-refractivity contribution >= 4 is 16.8 Å². The number of halogens is 1. The van der Waals surface area contributed by atoms with Gasteiger partial charge in [-0.25, -0.2) is 0 Å². The summed E-state index contributed by atoms with van der Waals surface area (Å²) < 4.78 is 0. The van der Waals surface area contributed by atoms with Crippen LogP contribution in [0.3, 0.4) is 0 Å². The number of nitrogens with two attached hydrogens (primary N) is 1. The molecular weight excluding hydrogens is 87.5 g/mol. The molecule has 0 atom stereocenters. The summed E-state index contributed by atoms with van der Waals surface area (Å²) in [6.45, 7) is 1.61. The Hall–Kier alpha value is -0.240. The van der Waals surface area contributed by atoms with Crippen molar-refractivity contribution in [3.8, 4) is 0 Å². The second-order valence-corrected chi connectivity index (χ2v) is 1.17. The van der Waals surface area contributed by atoms with Crippen LogP contribution in [0.5, 0.6) is 0 Å². The number of hydrogen-bond acceptors (Lipinski definition) is 2. The molecule has 0 radical (unpaired) electrons. The van der Waals surface area contributed by atoms with Gasteiger partial charge in [0.25, 0.3) is 0 Å². The molecule has 0 bridgehead atoms. The van der Waals surface area contributed by atoms with Gasteiger partial charge in [0, 0.05) is 0 Å². The predicted molar refractivity (Wildman–Crippen MR) is 23.1 cm³/mol. The van der Waals surface area contributed by atoms with Crippen LogP contribution in [0.2, 0.25) is 0 Å². The van der Waals surface area contributed by atoms with E-state index in [4.69, 9.17) is 11.6 Å². The molecule has 0 saturated carbocycles. The summed E-state index contributed by atoms with van der Waals surface area (Å²) in [5, 5.41) is 3.45. The highest BCUT2D eigenvalue weighted by Gasteiger charge is 1.67.